The fourth-order valence-electron chi connectivity index (χ4n) is 5.19. The first-order valence-electron chi connectivity index (χ1n) is 10.8. The van der Waals surface area contributed by atoms with Crippen molar-refractivity contribution in [3.63, 3.8) is 0 Å². The summed E-state index contributed by atoms with van der Waals surface area (Å²) in [7, 11) is 0. The van der Waals surface area contributed by atoms with E-state index in [2.05, 4.69) is 21.8 Å². The zero-order valence-corrected chi connectivity index (χ0v) is 18.3. The van der Waals surface area contributed by atoms with Crippen LogP contribution in [-0.2, 0) is 11.3 Å². The van der Waals surface area contributed by atoms with Crippen molar-refractivity contribution < 1.29 is 13.9 Å². The van der Waals surface area contributed by atoms with Gasteiger partial charge in [0.25, 0.3) is 0 Å². The molecule has 3 atom stereocenters. The maximum absolute atomic E-state index is 14.1. The Bertz CT molecular complexity index is 955. The second-order valence-electron chi connectivity index (χ2n) is 8.90. The molecule has 1 aromatic heterocycles. The Morgan fingerprint density at radius 1 is 1.26 bits per heavy atom. The first kappa shape index (κ1) is 20.7. The zero-order valence-electron chi connectivity index (χ0n) is 17.6. The van der Waals surface area contributed by atoms with E-state index in [4.69, 9.17) is 16.3 Å². The Labute approximate surface area is 186 Å². The molecule has 0 bridgehead atoms. The van der Waals surface area contributed by atoms with Crippen LogP contribution in [0, 0.1) is 17.7 Å². The Kier molecular flexibility index (Phi) is 5.62. The minimum absolute atomic E-state index is 0.116. The summed E-state index contributed by atoms with van der Waals surface area (Å²) >= 11 is 5.90. The van der Waals surface area contributed by atoms with E-state index in [1.54, 1.807) is 18.3 Å². The zero-order chi connectivity index (χ0) is 21.5. The number of rotatable bonds is 3. The standard InChI is InChI=1S/C22H27ClFN5O2/c1-15-14-31-5-4-28(15)21-6-20(24)3-2-16(21)8-26-9-17-11-27(12-18(17)10-26)22(30)29-13-19(23)7-25-29/h2-3,6-7,13,15,17-18H,4-5,8-12,14H2,1H3. The molecule has 9 heteroatoms. The van der Waals surface area contributed by atoms with Crippen LogP contribution in [0.25, 0.3) is 0 Å². The Hall–Kier alpha value is -2.16. The first-order valence-corrected chi connectivity index (χ1v) is 11.2. The van der Waals surface area contributed by atoms with Crippen LogP contribution in [0.4, 0.5) is 14.9 Å². The van der Waals surface area contributed by atoms with E-state index in [0.29, 0.717) is 30.1 Å². The normalized spacial score (nSPS) is 26.5. The number of morpholine rings is 1. The fourth-order valence-corrected chi connectivity index (χ4v) is 5.33. The van der Waals surface area contributed by atoms with E-state index in [1.807, 2.05) is 11.0 Å². The second-order valence-corrected chi connectivity index (χ2v) is 9.33. The summed E-state index contributed by atoms with van der Waals surface area (Å²) in [5.41, 5.74) is 2.12. The fraction of sp³-hybridized carbons (Fsp3) is 0.545. The van der Waals surface area contributed by atoms with Gasteiger partial charge in [0.05, 0.1) is 30.6 Å². The Balaban J connectivity index is 1.24. The quantitative estimate of drug-likeness (QED) is 0.724. The average Bonchev–Trinajstić information content (AvgIpc) is 3.44. The molecule has 0 N–H and O–H groups in total. The smallest absolute Gasteiger partial charge is 0.344 e. The predicted molar refractivity (Wildman–Crippen MR) is 116 cm³/mol. The molecule has 1 aromatic carbocycles. The minimum Gasteiger partial charge on any atom is -0.377 e. The van der Waals surface area contributed by atoms with E-state index in [0.717, 1.165) is 50.5 Å². The van der Waals surface area contributed by atoms with Gasteiger partial charge in [0, 0.05) is 51.0 Å². The second kappa shape index (κ2) is 8.41. The molecule has 4 heterocycles. The van der Waals surface area contributed by atoms with Crippen molar-refractivity contribution in [2.24, 2.45) is 11.8 Å². The number of ether oxygens (including phenoxy) is 1. The maximum atomic E-state index is 14.1. The molecule has 3 saturated heterocycles. The predicted octanol–water partition coefficient (Wildman–Crippen LogP) is 2.93. The highest BCUT2D eigenvalue weighted by molar-refractivity contribution is 6.30. The molecule has 7 nitrogen and oxygen atoms in total. The van der Waals surface area contributed by atoms with Gasteiger partial charge in [-0.05, 0) is 36.5 Å². The van der Waals surface area contributed by atoms with Gasteiger partial charge < -0.3 is 14.5 Å². The van der Waals surface area contributed by atoms with Crippen molar-refractivity contribution >= 4 is 23.3 Å². The van der Waals surface area contributed by atoms with Crippen molar-refractivity contribution in [1.29, 1.82) is 0 Å². The topological polar surface area (TPSA) is 53.8 Å². The molecule has 3 unspecified atom stereocenters. The number of carbonyl (C=O) groups is 1. The molecule has 2 aromatic rings. The highest BCUT2D eigenvalue weighted by Gasteiger charge is 2.42. The van der Waals surface area contributed by atoms with Gasteiger partial charge in [-0.2, -0.15) is 9.78 Å². The largest absolute Gasteiger partial charge is 0.377 e. The van der Waals surface area contributed by atoms with Gasteiger partial charge in [0.2, 0.25) is 0 Å². The van der Waals surface area contributed by atoms with Gasteiger partial charge in [-0.3, -0.25) is 4.90 Å². The number of nitrogens with zero attached hydrogens (tertiary/aromatic N) is 5. The number of benzene rings is 1. The van der Waals surface area contributed by atoms with E-state index in [-0.39, 0.29) is 17.9 Å². The van der Waals surface area contributed by atoms with Gasteiger partial charge in [0.15, 0.2) is 0 Å². The average molecular weight is 448 g/mol. The van der Waals surface area contributed by atoms with Crippen LogP contribution in [0.5, 0.6) is 0 Å². The monoisotopic (exact) mass is 447 g/mol. The van der Waals surface area contributed by atoms with Crippen LogP contribution >= 0.6 is 11.6 Å². The van der Waals surface area contributed by atoms with Gasteiger partial charge in [-0.1, -0.05) is 17.7 Å². The summed E-state index contributed by atoms with van der Waals surface area (Å²) in [4.78, 5) is 19.2. The first-order chi connectivity index (χ1) is 15.0. The Morgan fingerprint density at radius 3 is 2.71 bits per heavy atom. The van der Waals surface area contributed by atoms with E-state index >= 15 is 0 Å². The molecule has 166 valence electrons. The lowest BCUT2D eigenvalue weighted by Gasteiger charge is -2.37. The third-order valence-corrected chi connectivity index (χ3v) is 6.89. The minimum atomic E-state index is -0.205. The lowest BCUT2D eigenvalue weighted by Crippen LogP contribution is -2.44. The summed E-state index contributed by atoms with van der Waals surface area (Å²) in [5.74, 6) is 0.686. The van der Waals surface area contributed by atoms with Crippen molar-refractivity contribution in [1.82, 2.24) is 19.6 Å². The summed E-state index contributed by atoms with van der Waals surface area (Å²) in [6.07, 6.45) is 3.03. The number of aromatic nitrogens is 2. The van der Waals surface area contributed by atoms with Crippen molar-refractivity contribution in [3.05, 3.63) is 47.0 Å². The van der Waals surface area contributed by atoms with Crippen LogP contribution in [0.15, 0.2) is 30.6 Å². The van der Waals surface area contributed by atoms with Crippen molar-refractivity contribution in [3.8, 4) is 0 Å². The molecule has 3 aliphatic heterocycles. The van der Waals surface area contributed by atoms with Gasteiger partial charge in [0.1, 0.15) is 5.82 Å². The van der Waals surface area contributed by atoms with Crippen molar-refractivity contribution in [2.75, 3.05) is 50.8 Å². The molecule has 0 saturated carbocycles. The van der Waals surface area contributed by atoms with Gasteiger partial charge >= 0.3 is 6.03 Å². The number of anilines is 1. The Morgan fingerprint density at radius 2 is 2.03 bits per heavy atom. The number of amides is 1. The lowest BCUT2D eigenvalue weighted by molar-refractivity contribution is 0.0987. The molecule has 5 rings (SSSR count). The number of hydrogen-bond donors (Lipinski definition) is 0. The summed E-state index contributed by atoms with van der Waals surface area (Å²) in [5, 5.41) is 4.49. The van der Waals surface area contributed by atoms with Crippen LogP contribution in [0.2, 0.25) is 5.02 Å². The molecule has 1 amide bonds. The number of halogens is 2. The van der Waals surface area contributed by atoms with Crippen LogP contribution < -0.4 is 4.90 Å². The number of carbonyl (C=O) groups excluding carboxylic acids is 1. The molecule has 3 aliphatic rings. The summed E-state index contributed by atoms with van der Waals surface area (Å²) in [6.45, 7) is 8.34. The third kappa shape index (κ3) is 4.16. The van der Waals surface area contributed by atoms with Gasteiger partial charge in [-0.25, -0.2) is 9.18 Å². The van der Waals surface area contributed by atoms with Crippen LogP contribution in [0.1, 0.15) is 12.5 Å². The third-order valence-electron chi connectivity index (χ3n) is 6.70. The van der Waals surface area contributed by atoms with E-state index in [1.165, 1.54) is 10.9 Å². The summed E-state index contributed by atoms with van der Waals surface area (Å²) < 4.78 is 20.9. The molecular weight excluding hydrogens is 421 g/mol. The van der Waals surface area contributed by atoms with Crippen molar-refractivity contribution in [2.45, 2.75) is 19.5 Å². The molecule has 0 spiro atoms. The van der Waals surface area contributed by atoms with E-state index in [9.17, 15) is 9.18 Å². The SMILES string of the molecule is CC1COCCN1c1cc(F)ccc1CN1CC2CN(C(=O)n3cc(Cl)cn3)CC2C1. The number of fused-ring (bicyclic) bond motifs is 1. The number of hydrogen-bond acceptors (Lipinski definition) is 5. The van der Waals surface area contributed by atoms with E-state index < -0.39 is 0 Å². The summed E-state index contributed by atoms with van der Waals surface area (Å²) in [6, 6.07) is 5.23. The van der Waals surface area contributed by atoms with Crippen LogP contribution in [-0.4, -0.2) is 77.6 Å². The number of likely N-dealkylation sites (tertiary alicyclic amines) is 2. The maximum Gasteiger partial charge on any atom is 0.344 e. The molecule has 3 fully saturated rings. The molecule has 0 aliphatic carbocycles. The highest BCUT2D eigenvalue weighted by atomic mass is 35.5. The highest BCUT2D eigenvalue weighted by Crippen LogP contribution is 2.34. The van der Waals surface area contributed by atoms with Gasteiger partial charge in [-0.15, -0.1) is 0 Å². The van der Waals surface area contributed by atoms with Crippen LogP contribution in [0.3, 0.4) is 0 Å². The molecule has 31 heavy (non-hydrogen) atoms. The molecular formula is C22H27ClFN5O2. The lowest BCUT2D eigenvalue weighted by atomic mass is 10.0. The molecule has 0 radical (unpaired) electrons.